The van der Waals surface area contributed by atoms with Gasteiger partial charge in [0.1, 0.15) is 6.10 Å². The van der Waals surface area contributed by atoms with E-state index in [1.54, 1.807) is 0 Å². The molecule has 0 aliphatic rings. The second kappa shape index (κ2) is 9.09. The van der Waals surface area contributed by atoms with Crippen LogP contribution < -0.4 is 0 Å². The van der Waals surface area contributed by atoms with E-state index in [0.29, 0.717) is 13.2 Å². The minimum atomic E-state index is -0.514. The summed E-state index contributed by atoms with van der Waals surface area (Å²) in [6.07, 6.45) is 0.503. The standard InChI is InChI=1S/C15H25NO2/c1-3-16(4-2)11-8-12-18-13-15(17)14-9-6-5-7-10-14/h5-7,9-10,15,17H,3-4,8,11-13H2,1-2H3. The number of rotatable bonds is 9. The van der Waals surface area contributed by atoms with Crippen molar-refractivity contribution in [1.29, 1.82) is 0 Å². The molecule has 0 aliphatic heterocycles. The van der Waals surface area contributed by atoms with E-state index in [4.69, 9.17) is 4.74 Å². The Morgan fingerprint density at radius 1 is 1.17 bits per heavy atom. The fourth-order valence-electron chi connectivity index (χ4n) is 1.90. The molecule has 0 spiro atoms. The van der Waals surface area contributed by atoms with Crippen molar-refractivity contribution >= 4 is 0 Å². The number of nitrogens with zero attached hydrogens (tertiary/aromatic N) is 1. The predicted molar refractivity (Wildman–Crippen MR) is 74.6 cm³/mol. The van der Waals surface area contributed by atoms with Crippen LogP contribution >= 0.6 is 0 Å². The first-order chi connectivity index (χ1) is 8.77. The Kier molecular flexibility index (Phi) is 7.65. The smallest absolute Gasteiger partial charge is 0.102 e. The van der Waals surface area contributed by atoms with Crippen molar-refractivity contribution < 1.29 is 9.84 Å². The highest BCUT2D eigenvalue weighted by molar-refractivity contribution is 5.17. The molecule has 0 aromatic heterocycles. The maximum Gasteiger partial charge on any atom is 0.102 e. The molecule has 1 atom stereocenters. The Morgan fingerprint density at radius 2 is 1.83 bits per heavy atom. The van der Waals surface area contributed by atoms with Gasteiger partial charge >= 0.3 is 0 Å². The third-order valence-corrected chi connectivity index (χ3v) is 3.12. The van der Waals surface area contributed by atoms with E-state index < -0.39 is 6.10 Å². The minimum absolute atomic E-state index is 0.377. The maximum absolute atomic E-state index is 9.89. The Hall–Kier alpha value is -0.900. The van der Waals surface area contributed by atoms with Crippen molar-refractivity contribution in [2.45, 2.75) is 26.4 Å². The second-order valence-corrected chi connectivity index (χ2v) is 4.38. The number of aliphatic hydroxyl groups is 1. The lowest BCUT2D eigenvalue weighted by Gasteiger charge is -2.18. The lowest BCUT2D eigenvalue weighted by atomic mass is 10.1. The van der Waals surface area contributed by atoms with Gasteiger partial charge in [-0.15, -0.1) is 0 Å². The Balaban J connectivity index is 2.11. The highest BCUT2D eigenvalue weighted by atomic mass is 16.5. The normalized spacial score (nSPS) is 12.9. The van der Waals surface area contributed by atoms with E-state index in [1.807, 2.05) is 30.3 Å². The molecule has 1 rings (SSSR count). The molecule has 18 heavy (non-hydrogen) atoms. The van der Waals surface area contributed by atoms with Crippen molar-refractivity contribution in [3.8, 4) is 0 Å². The van der Waals surface area contributed by atoms with Crippen LogP contribution in [0.25, 0.3) is 0 Å². The third-order valence-electron chi connectivity index (χ3n) is 3.12. The number of aliphatic hydroxyl groups excluding tert-OH is 1. The van der Waals surface area contributed by atoms with Gasteiger partial charge < -0.3 is 14.7 Å². The number of hydrogen-bond acceptors (Lipinski definition) is 3. The van der Waals surface area contributed by atoms with Crippen LogP contribution in [-0.2, 0) is 4.74 Å². The molecular formula is C15H25NO2. The molecular weight excluding hydrogens is 226 g/mol. The summed E-state index contributed by atoms with van der Waals surface area (Å²) in [5.74, 6) is 0. The van der Waals surface area contributed by atoms with Gasteiger partial charge in [-0.1, -0.05) is 44.2 Å². The summed E-state index contributed by atoms with van der Waals surface area (Å²) in [6.45, 7) is 8.66. The molecule has 0 amide bonds. The topological polar surface area (TPSA) is 32.7 Å². The van der Waals surface area contributed by atoms with Crippen molar-refractivity contribution in [3.63, 3.8) is 0 Å². The van der Waals surface area contributed by atoms with Crippen molar-refractivity contribution in [3.05, 3.63) is 35.9 Å². The van der Waals surface area contributed by atoms with Gasteiger partial charge in [-0.05, 0) is 25.1 Å². The van der Waals surface area contributed by atoms with E-state index in [2.05, 4.69) is 18.7 Å². The van der Waals surface area contributed by atoms with Gasteiger partial charge in [0, 0.05) is 13.2 Å². The molecule has 0 aliphatic carbocycles. The van der Waals surface area contributed by atoms with E-state index >= 15 is 0 Å². The average molecular weight is 251 g/mol. The molecule has 0 saturated heterocycles. The van der Waals surface area contributed by atoms with Crippen LogP contribution in [0.5, 0.6) is 0 Å². The summed E-state index contributed by atoms with van der Waals surface area (Å²) in [5, 5.41) is 9.89. The fraction of sp³-hybridized carbons (Fsp3) is 0.600. The number of hydrogen-bond donors (Lipinski definition) is 1. The average Bonchev–Trinajstić information content (AvgIpc) is 2.43. The molecule has 1 aromatic carbocycles. The van der Waals surface area contributed by atoms with Crippen molar-refractivity contribution in [1.82, 2.24) is 4.90 Å². The molecule has 1 N–H and O–H groups in total. The summed E-state index contributed by atoms with van der Waals surface area (Å²) >= 11 is 0. The van der Waals surface area contributed by atoms with E-state index in [9.17, 15) is 5.11 Å². The maximum atomic E-state index is 9.89. The molecule has 0 bridgehead atoms. The minimum Gasteiger partial charge on any atom is -0.386 e. The van der Waals surface area contributed by atoms with Gasteiger partial charge in [0.15, 0.2) is 0 Å². The van der Waals surface area contributed by atoms with Crippen LogP contribution in [0.1, 0.15) is 31.9 Å². The lowest BCUT2D eigenvalue weighted by Crippen LogP contribution is -2.25. The van der Waals surface area contributed by atoms with Crippen molar-refractivity contribution in [2.75, 3.05) is 32.8 Å². The molecule has 102 valence electrons. The second-order valence-electron chi connectivity index (χ2n) is 4.38. The zero-order valence-electron chi connectivity index (χ0n) is 11.5. The number of benzene rings is 1. The quantitative estimate of drug-likeness (QED) is 0.684. The first-order valence-electron chi connectivity index (χ1n) is 6.81. The van der Waals surface area contributed by atoms with E-state index in [0.717, 1.165) is 31.6 Å². The molecule has 1 unspecified atom stereocenters. The van der Waals surface area contributed by atoms with Crippen LogP contribution in [0.2, 0.25) is 0 Å². The van der Waals surface area contributed by atoms with Crippen LogP contribution in [0.4, 0.5) is 0 Å². The SMILES string of the molecule is CCN(CC)CCCOCC(O)c1ccccc1. The highest BCUT2D eigenvalue weighted by Crippen LogP contribution is 2.12. The molecule has 0 saturated carbocycles. The van der Waals surface area contributed by atoms with E-state index in [1.165, 1.54) is 0 Å². The lowest BCUT2D eigenvalue weighted by molar-refractivity contribution is 0.0325. The molecule has 0 radical (unpaired) electrons. The zero-order chi connectivity index (χ0) is 13.2. The highest BCUT2D eigenvalue weighted by Gasteiger charge is 2.06. The monoisotopic (exact) mass is 251 g/mol. The Morgan fingerprint density at radius 3 is 2.44 bits per heavy atom. The van der Waals surface area contributed by atoms with Crippen LogP contribution in [0, 0.1) is 0 Å². The van der Waals surface area contributed by atoms with Crippen LogP contribution in [0.3, 0.4) is 0 Å². The molecule has 0 fully saturated rings. The molecule has 3 nitrogen and oxygen atoms in total. The molecule has 1 aromatic rings. The predicted octanol–water partition coefficient (Wildman–Crippen LogP) is 2.47. The zero-order valence-corrected chi connectivity index (χ0v) is 11.5. The van der Waals surface area contributed by atoms with Crippen LogP contribution in [0.15, 0.2) is 30.3 Å². The third kappa shape index (κ3) is 5.63. The number of ether oxygens (including phenoxy) is 1. The molecule has 3 heteroatoms. The summed E-state index contributed by atoms with van der Waals surface area (Å²) in [7, 11) is 0. The van der Waals surface area contributed by atoms with Crippen LogP contribution in [-0.4, -0.2) is 42.9 Å². The van der Waals surface area contributed by atoms with Gasteiger partial charge in [-0.25, -0.2) is 0 Å². The first kappa shape index (κ1) is 15.2. The van der Waals surface area contributed by atoms with Gasteiger partial charge in [-0.2, -0.15) is 0 Å². The summed E-state index contributed by atoms with van der Waals surface area (Å²) in [6, 6.07) is 9.65. The summed E-state index contributed by atoms with van der Waals surface area (Å²) in [5.41, 5.74) is 0.918. The summed E-state index contributed by atoms with van der Waals surface area (Å²) in [4.78, 5) is 2.37. The first-order valence-corrected chi connectivity index (χ1v) is 6.81. The van der Waals surface area contributed by atoms with Gasteiger partial charge in [0.2, 0.25) is 0 Å². The largest absolute Gasteiger partial charge is 0.386 e. The summed E-state index contributed by atoms with van der Waals surface area (Å²) < 4.78 is 5.51. The Labute approximate surface area is 110 Å². The van der Waals surface area contributed by atoms with Gasteiger partial charge in [0.05, 0.1) is 6.61 Å². The fourth-order valence-corrected chi connectivity index (χ4v) is 1.90. The van der Waals surface area contributed by atoms with E-state index in [-0.39, 0.29) is 0 Å². The van der Waals surface area contributed by atoms with Gasteiger partial charge in [-0.3, -0.25) is 0 Å². The van der Waals surface area contributed by atoms with Crippen molar-refractivity contribution in [2.24, 2.45) is 0 Å². The molecule has 0 heterocycles. The Bertz CT molecular complexity index is 299. The van der Waals surface area contributed by atoms with Gasteiger partial charge in [0.25, 0.3) is 0 Å².